The Kier molecular flexibility index (Phi) is 4.54. The van der Waals surface area contributed by atoms with Crippen molar-refractivity contribution in [1.82, 2.24) is 15.1 Å². The highest BCUT2D eigenvalue weighted by Crippen LogP contribution is 2.49. The molecule has 0 saturated heterocycles. The maximum atomic E-state index is 12.3. The van der Waals surface area contributed by atoms with E-state index in [-0.39, 0.29) is 17.9 Å². The molecule has 7 nitrogen and oxygen atoms in total. The van der Waals surface area contributed by atoms with E-state index in [0.717, 1.165) is 16.3 Å². The largest absolute Gasteiger partial charge is 0.465 e. The first-order chi connectivity index (χ1) is 11.7. The van der Waals surface area contributed by atoms with Crippen molar-refractivity contribution in [1.29, 1.82) is 0 Å². The molecule has 0 radical (unpaired) electrons. The van der Waals surface area contributed by atoms with Crippen molar-refractivity contribution >= 4 is 39.8 Å². The minimum atomic E-state index is -0.902. The second-order valence-corrected chi connectivity index (χ2v) is 9.18. The third-order valence-corrected chi connectivity index (χ3v) is 5.83. The summed E-state index contributed by atoms with van der Waals surface area (Å²) in [5.41, 5.74) is 0.120. The molecule has 1 aliphatic rings. The van der Waals surface area contributed by atoms with Crippen LogP contribution in [-0.4, -0.2) is 43.8 Å². The van der Waals surface area contributed by atoms with Crippen molar-refractivity contribution in [3.05, 3.63) is 26.9 Å². The number of amides is 2. The van der Waals surface area contributed by atoms with Crippen molar-refractivity contribution < 1.29 is 14.7 Å². The van der Waals surface area contributed by atoms with Gasteiger partial charge in [0.2, 0.25) is 5.13 Å². The number of nitrogens with zero attached hydrogens (tertiary/aromatic N) is 3. The van der Waals surface area contributed by atoms with Crippen LogP contribution in [0.2, 0.25) is 0 Å². The number of anilines is 1. The topological polar surface area (TPSA) is 95.4 Å². The van der Waals surface area contributed by atoms with Crippen LogP contribution in [0.3, 0.4) is 0 Å². The number of carbonyl (C=O) groups is 2. The van der Waals surface area contributed by atoms with Gasteiger partial charge in [-0.15, -0.1) is 21.5 Å². The quantitative estimate of drug-likeness (QED) is 0.841. The number of aryl methyl sites for hydroxylation is 1. The molecule has 2 aromatic rings. The number of hydrogen-bond acceptors (Lipinski definition) is 6. The molecule has 2 heterocycles. The van der Waals surface area contributed by atoms with E-state index in [2.05, 4.69) is 15.5 Å². The van der Waals surface area contributed by atoms with Crippen LogP contribution in [-0.2, 0) is 0 Å². The number of nitrogens with one attached hydrogen (secondary N) is 1. The van der Waals surface area contributed by atoms with E-state index in [1.165, 1.54) is 27.6 Å². The second kappa shape index (κ2) is 6.38. The smallest absolute Gasteiger partial charge is 0.408 e. The zero-order valence-corrected chi connectivity index (χ0v) is 16.1. The maximum absolute atomic E-state index is 12.3. The Morgan fingerprint density at radius 2 is 2.08 bits per heavy atom. The van der Waals surface area contributed by atoms with Gasteiger partial charge >= 0.3 is 6.09 Å². The SMILES string of the molecule is Cc1nnc(NC(=O)c2csc([C@@H]3C[C@H]3N(C(=O)O)C(C)(C)C)c2)s1. The van der Waals surface area contributed by atoms with Crippen molar-refractivity contribution in [2.45, 2.75) is 51.6 Å². The van der Waals surface area contributed by atoms with Crippen LogP contribution in [0.1, 0.15) is 53.4 Å². The standard InChI is InChI=1S/C16H20N4O3S2/c1-8-18-19-14(25-8)17-13(21)9-5-12(24-7-9)10-6-11(10)20(15(22)23)16(2,3)4/h5,7,10-11H,6H2,1-4H3,(H,22,23)(H,17,19,21)/t10-,11-/m1/s1. The highest BCUT2D eigenvalue weighted by Gasteiger charge is 2.49. The predicted octanol–water partition coefficient (Wildman–Crippen LogP) is 3.79. The molecule has 1 saturated carbocycles. The van der Waals surface area contributed by atoms with Gasteiger partial charge in [0.25, 0.3) is 5.91 Å². The molecule has 0 aliphatic heterocycles. The minimum absolute atomic E-state index is 0.0297. The molecule has 2 atom stereocenters. The molecule has 0 bridgehead atoms. The van der Waals surface area contributed by atoms with E-state index < -0.39 is 11.6 Å². The number of carboxylic acid groups (broad SMARTS) is 1. The summed E-state index contributed by atoms with van der Waals surface area (Å²) in [6.45, 7) is 7.52. The van der Waals surface area contributed by atoms with E-state index in [1.54, 1.807) is 5.38 Å². The first-order valence-electron chi connectivity index (χ1n) is 7.89. The Hall–Kier alpha value is -2.00. The molecule has 3 rings (SSSR count). The summed E-state index contributed by atoms with van der Waals surface area (Å²) in [4.78, 5) is 26.4. The fraction of sp³-hybridized carbons (Fsp3) is 0.500. The first kappa shape index (κ1) is 17.8. The van der Waals surface area contributed by atoms with Crippen LogP contribution in [0.15, 0.2) is 11.4 Å². The summed E-state index contributed by atoms with van der Waals surface area (Å²) in [6, 6.07) is 1.82. The third-order valence-electron chi connectivity index (χ3n) is 4.01. The molecular weight excluding hydrogens is 360 g/mol. The van der Waals surface area contributed by atoms with E-state index in [0.29, 0.717) is 10.7 Å². The molecule has 0 spiro atoms. The lowest BCUT2D eigenvalue weighted by Crippen LogP contribution is -2.46. The second-order valence-electron chi connectivity index (χ2n) is 7.05. The fourth-order valence-electron chi connectivity index (χ4n) is 2.88. The fourth-order valence-corrected chi connectivity index (χ4v) is 4.53. The Morgan fingerprint density at radius 3 is 2.64 bits per heavy atom. The molecule has 0 aromatic carbocycles. The summed E-state index contributed by atoms with van der Waals surface area (Å²) >= 11 is 2.82. The summed E-state index contributed by atoms with van der Waals surface area (Å²) in [5, 5.41) is 23.1. The van der Waals surface area contributed by atoms with E-state index in [4.69, 9.17) is 0 Å². The van der Waals surface area contributed by atoms with Crippen LogP contribution in [0.4, 0.5) is 9.93 Å². The van der Waals surface area contributed by atoms with Gasteiger partial charge in [-0.2, -0.15) is 0 Å². The zero-order valence-electron chi connectivity index (χ0n) is 14.4. The van der Waals surface area contributed by atoms with E-state index in [9.17, 15) is 14.7 Å². The number of thiophene rings is 1. The molecular formula is C16H20N4O3S2. The summed E-state index contributed by atoms with van der Waals surface area (Å²) in [5.74, 6) is -0.0626. The summed E-state index contributed by atoms with van der Waals surface area (Å²) in [7, 11) is 0. The molecule has 25 heavy (non-hydrogen) atoms. The summed E-state index contributed by atoms with van der Waals surface area (Å²) in [6.07, 6.45) is -0.109. The van der Waals surface area contributed by atoms with Crippen molar-refractivity contribution in [2.75, 3.05) is 5.32 Å². The molecule has 1 aliphatic carbocycles. The Morgan fingerprint density at radius 1 is 1.36 bits per heavy atom. The number of rotatable bonds is 4. The molecule has 9 heteroatoms. The van der Waals surface area contributed by atoms with E-state index in [1.807, 2.05) is 33.8 Å². The van der Waals surface area contributed by atoms with Gasteiger partial charge in [0.1, 0.15) is 5.01 Å². The number of hydrogen-bond donors (Lipinski definition) is 2. The number of carbonyl (C=O) groups excluding carboxylic acids is 1. The Bertz CT molecular complexity index is 808. The first-order valence-corrected chi connectivity index (χ1v) is 9.58. The van der Waals surface area contributed by atoms with Gasteiger partial charge in [0, 0.05) is 27.8 Å². The lowest BCUT2D eigenvalue weighted by atomic mass is 10.1. The van der Waals surface area contributed by atoms with Gasteiger partial charge in [-0.05, 0) is 40.2 Å². The van der Waals surface area contributed by atoms with Gasteiger partial charge in [-0.1, -0.05) is 11.3 Å². The normalized spacial score (nSPS) is 19.5. The van der Waals surface area contributed by atoms with Crippen LogP contribution in [0.25, 0.3) is 0 Å². The average Bonchev–Trinajstić information content (AvgIpc) is 2.92. The van der Waals surface area contributed by atoms with Gasteiger partial charge in [0.15, 0.2) is 0 Å². The van der Waals surface area contributed by atoms with Gasteiger partial charge in [-0.3, -0.25) is 15.0 Å². The van der Waals surface area contributed by atoms with Crippen molar-refractivity contribution in [3.63, 3.8) is 0 Å². The lowest BCUT2D eigenvalue weighted by molar-refractivity contribution is 0.0939. The monoisotopic (exact) mass is 380 g/mol. The lowest BCUT2D eigenvalue weighted by Gasteiger charge is -2.33. The zero-order chi connectivity index (χ0) is 18.4. The Labute approximate surface area is 153 Å². The van der Waals surface area contributed by atoms with Crippen LogP contribution >= 0.6 is 22.7 Å². The minimum Gasteiger partial charge on any atom is -0.465 e. The van der Waals surface area contributed by atoms with Gasteiger partial charge in [0.05, 0.1) is 5.56 Å². The van der Waals surface area contributed by atoms with Gasteiger partial charge < -0.3 is 5.11 Å². The van der Waals surface area contributed by atoms with E-state index >= 15 is 0 Å². The molecule has 2 amide bonds. The van der Waals surface area contributed by atoms with Crippen molar-refractivity contribution in [3.8, 4) is 0 Å². The summed E-state index contributed by atoms with van der Waals surface area (Å²) < 4.78 is 0. The molecule has 0 unspecified atom stereocenters. The maximum Gasteiger partial charge on any atom is 0.408 e. The van der Waals surface area contributed by atoms with Crippen LogP contribution in [0.5, 0.6) is 0 Å². The number of aromatic nitrogens is 2. The molecule has 134 valence electrons. The predicted molar refractivity (Wildman–Crippen MR) is 97.7 cm³/mol. The third kappa shape index (κ3) is 3.82. The Balaban J connectivity index is 1.68. The molecule has 1 fully saturated rings. The highest BCUT2D eigenvalue weighted by molar-refractivity contribution is 7.15. The molecule has 2 N–H and O–H groups in total. The van der Waals surface area contributed by atoms with Crippen LogP contribution < -0.4 is 5.32 Å². The van der Waals surface area contributed by atoms with Gasteiger partial charge in [-0.25, -0.2) is 4.79 Å². The molecule has 2 aromatic heterocycles. The van der Waals surface area contributed by atoms with Crippen LogP contribution in [0, 0.1) is 6.92 Å². The highest BCUT2D eigenvalue weighted by atomic mass is 32.1. The van der Waals surface area contributed by atoms with Crippen molar-refractivity contribution in [2.24, 2.45) is 0 Å². The average molecular weight is 380 g/mol.